The van der Waals surface area contributed by atoms with Gasteiger partial charge >= 0.3 is 0 Å². The zero-order valence-corrected chi connectivity index (χ0v) is 13.3. The third-order valence-electron chi connectivity index (χ3n) is 4.26. The first kappa shape index (κ1) is 15.5. The number of carbonyl (C=O) groups excluding carboxylic acids is 1. The van der Waals surface area contributed by atoms with Crippen LogP contribution < -0.4 is 5.43 Å². The van der Waals surface area contributed by atoms with Gasteiger partial charge in [-0.05, 0) is 12.8 Å². The summed E-state index contributed by atoms with van der Waals surface area (Å²) in [7, 11) is 0. The van der Waals surface area contributed by atoms with E-state index in [9.17, 15) is 4.79 Å². The second kappa shape index (κ2) is 6.70. The van der Waals surface area contributed by atoms with Crippen molar-refractivity contribution in [2.45, 2.75) is 78.6 Å². The molecule has 1 saturated carbocycles. The molecular formula is C16H29N2O2+. The van der Waals surface area contributed by atoms with Crippen LogP contribution in [0, 0.1) is 11.8 Å². The number of hydrogen-bond acceptors (Lipinski definition) is 2. The monoisotopic (exact) mass is 281 g/mol. The van der Waals surface area contributed by atoms with Gasteiger partial charge in [0.05, 0.1) is 6.10 Å². The molecule has 4 nitrogen and oxygen atoms in total. The van der Waals surface area contributed by atoms with Gasteiger partial charge < -0.3 is 4.74 Å². The highest BCUT2D eigenvalue weighted by molar-refractivity contribution is 5.85. The van der Waals surface area contributed by atoms with Crippen LogP contribution in [0.15, 0.2) is 0 Å². The number of nitrogens with zero attached hydrogens (tertiary/aromatic N) is 1. The minimum atomic E-state index is -0.120. The fourth-order valence-electron chi connectivity index (χ4n) is 3.49. The summed E-state index contributed by atoms with van der Waals surface area (Å²) in [4.78, 5) is 11.8. The van der Waals surface area contributed by atoms with Gasteiger partial charge in [0.2, 0.25) is 0 Å². The van der Waals surface area contributed by atoms with E-state index in [2.05, 4.69) is 33.1 Å². The topological polar surface area (TPSA) is 41.3 Å². The molecule has 1 amide bonds. The predicted molar refractivity (Wildman–Crippen MR) is 79.4 cm³/mol. The van der Waals surface area contributed by atoms with Gasteiger partial charge in [0.25, 0.3) is 12.1 Å². The molecule has 0 aromatic carbocycles. The van der Waals surface area contributed by atoms with Gasteiger partial charge in [0.1, 0.15) is 6.42 Å². The summed E-state index contributed by atoms with van der Waals surface area (Å²) in [6.45, 7) is 8.71. The quantitative estimate of drug-likeness (QED) is 0.805. The number of amides is 1. The first-order valence-electron chi connectivity index (χ1n) is 8.10. The number of hydrazone groups is 1. The van der Waals surface area contributed by atoms with E-state index in [0.29, 0.717) is 24.4 Å². The molecule has 114 valence electrons. The molecule has 2 rings (SSSR count). The Morgan fingerprint density at radius 3 is 2.30 bits per heavy atom. The Labute approximate surface area is 122 Å². The van der Waals surface area contributed by atoms with Crippen LogP contribution in [0.25, 0.3) is 0 Å². The van der Waals surface area contributed by atoms with Gasteiger partial charge in [0, 0.05) is 11.8 Å². The summed E-state index contributed by atoms with van der Waals surface area (Å²) in [6, 6.07) is 0. The van der Waals surface area contributed by atoms with Crippen LogP contribution in [0.5, 0.6) is 0 Å². The van der Waals surface area contributed by atoms with Gasteiger partial charge in [-0.15, -0.1) is 5.43 Å². The lowest BCUT2D eigenvalue weighted by Gasteiger charge is -2.24. The zero-order chi connectivity index (χ0) is 14.7. The van der Waals surface area contributed by atoms with E-state index in [1.807, 2.05) is 4.68 Å². The lowest BCUT2D eigenvalue weighted by atomic mass is 9.97. The zero-order valence-electron chi connectivity index (χ0n) is 13.3. The van der Waals surface area contributed by atoms with Crippen LogP contribution >= 0.6 is 0 Å². The van der Waals surface area contributed by atoms with Crippen molar-refractivity contribution >= 4 is 11.6 Å². The van der Waals surface area contributed by atoms with Crippen LogP contribution in [0.3, 0.4) is 0 Å². The highest BCUT2D eigenvalue weighted by atomic mass is 16.5. The van der Waals surface area contributed by atoms with Crippen molar-refractivity contribution in [3.63, 3.8) is 0 Å². The van der Waals surface area contributed by atoms with E-state index in [4.69, 9.17) is 4.74 Å². The summed E-state index contributed by atoms with van der Waals surface area (Å²) in [6.07, 6.45) is 6.76. The van der Waals surface area contributed by atoms with Gasteiger partial charge in [-0.1, -0.05) is 51.6 Å². The summed E-state index contributed by atoms with van der Waals surface area (Å²) in [5.74, 6) is 0.890. The predicted octanol–water partition coefficient (Wildman–Crippen LogP) is 2.86. The second-order valence-corrected chi connectivity index (χ2v) is 6.69. The molecule has 0 bridgehead atoms. The van der Waals surface area contributed by atoms with E-state index in [1.165, 1.54) is 25.0 Å². The normalized spacial score (nSPS) is 24.6. The van der Waals surface area contributed by atoms with E-state index in [1.54, 1.807) is 0 Å². The maximum atomic E-state index is 11.8. The Kier molecular flexibility index (Phi) is 5.19. The number of ether oxygens (including phenoxy) is 1. The molecule has 1 heterocycles. The molecule has 4 heteroatoms. The van der Waals surface area contributed by atoms with Crippen LogP contribution in [0.4, 0.5) is 0 Å². The Morgan fingerprint density at radius 1 is 1.15 bits per heavy atom. The second-order valence-electron chi connectivity index (χ2n) is 6.69. The van der Waals surface area contributed by atoms with Gasteiger partial charge in [-0.2, -0.15) is 0 Å². The first-order chi connectivity index (χ1) is 9.49. The smallest absolute Gasteiger partial charge is 0.295 e. The number of nitrogens with one attached hydrogen (secondary N) is 1. The van der Waals surface area contributed by atoms with Crippen molar-refractivity contribution in [2.24, 2.45) is 11.8 Å². The molecule has 1 aliphatic heterocycles. The highest BCUT2D eigenvalue weighted by Gasteiger charge is 2.41. The van der Waals surface area contributed by atoms with Crippen molar-refractivity contribution in [1.29, 1.82) is 0 Å². The summed E-state index contributed by atoms with van der Waals surface area (Å²) >= 11 is 0. The van der Waals surface area contributed by atoms with Crippen molar-refractivity contribution in [3.05, 3.63) is 0 Å². The number of hydrazine groups is 1. The van der Waals surface area contributed by atoms with Crippen molar-refractivity contribution in [2.75, 3.05) is 0 Å². The molecule has 0 radical (unpaired) electrons. The molecule has 1 saturated heterocycles. The highest BCUT2D eigenvalue weighted by Crippen LogP contribution is 2.24. The lowest BCUT2D eigenvalue weighted by Crippen LogP contribution is -2.41. The molecule has 1 unspecified atom stereocenters. The fourth-order valence-corrected chi connectivity index (χ4v) is 3.49. The fraction of sp³-hybridized carbons (Fsp3) is 0.875. The maximum absolute atomic E-state index is 11.8. The van der Waals surface area contributed by atoms with Crippen molar-refractivity contribution in [1.82, 2.24) is 5.43 Å². The van der Waals surface area contributed by atoms with Gasteiger partial charge in [-0.25, -0.2) is 0 Å². The first-order valence-corrected chi connectivity index (χ1v) is 8.10. The van der Waals surface area contributed by atoms with Crippen LogP contribution in [-0.4, -0.2) is 28.6 Å². The number of rotatable bonds is 4. The van der Waals surface area contributed by atoms with E-state index < -0.39 is 0 Å². The molecule has 0 aromatic heterocycles. The third kappa shape index (κ3) is 3.60. The molecule has 0 aromatic rings. The van der Waals surface area contributed by atoms with Gasteiger partial charge in [-0.3, -0.25) is 4.79 Å². The molecule has 1 atom stereocenters. The Bertz CT molecular complexity index is 372. The SMILES string of the molecule is CC(C)C(C(C)C)=[N+]1NC(=O)CC1OC1CCCCC1. The Balaban J connectivity index is 2.16. The van der Waals surface area contributed by atoms with E-state index >= 15 is 0 Å². The summed E-state index contributed by atoms with van der Waals surface area (Å²) < 4.78 is 8.24. The van der Waals surface area contributed by atoms with Crippen molar-refractivity contribution < 1.29 is 14.2 Å². The van der Waals surface area contributed by atoms with Gasteiger partial charge in [0.15, 0.2) is 5.71 Å². The van der Waals surface area contributed by atoms with Crippen LogP contribution in [0.1, 0.15) is 66.2 Å². The van der Waals surface area contributed by atoms with Crippen molar-refractivity contribution in [3.8, 4) is 0 Å². The molecule has 2 fully saturated rings. The molecule has 20 heavy (non-hydrogen) atoms. The van der Waals surface area contributed by atoms with E-state index in [-0.39, 0.29) is 12.1 Å². The minimum absolute atomic E-state index is 0.0737. The summed E-state index contributed by atoms with van der Waals surface area (Å²) in [5, 5.41) is 0. The molecule has 0 spiro atoms. The molecule has 1 N–H and O–H groups in total. The molecule has 1 aliphatic carbocycles. The van der Waals surface area contributed by atoms with Crippen LogP contribution in [-0.2, 0) is 9.53 Å². The molecule has 2 aliphatic rings. The maximum Gasteiger partial charge on any atom is 0.295 e. The standard InChI is InChI=1S/C16H28N2O2/c1-11(2)16(12(3)4)18-15(10-14(19)17-18)20-13-8-6-5-7-9-13/h11-13,15H,5-10H2,1-4H3/p+1. The Hall–Kier alpha value is -0.900. The largest absolute Gasteiger partial charge is 0.315 e. The third-order valence-corrected chi connectivity index (χ3v) is 4.26. The lowest BCUT2D eigenvalue weighted by molar-refractivity contribution is -0.641. The minimum Gasteiger partial charge on any atom is -0.315 e. The molecular weight excluding hydrogens is 252 g/mol. The van der Waals surface area contributed by atoms with Crippen LogP contribution in [0.2, 0.25) is 0 Å². The number of hydrogen-bond donors (Lipinski definition) is 1. The number of carbonyl (C=O) groups is 1. The Morgan fingerprint density at radius 2 is 1.75 bits per heavy atom. The summed E-state index contributed by atoms with van der Waals surface area (Å²) in [5.41, 5.74) is 4.25. The average molecular weight is 281 g/mol. The average Bonchev–Trinajstić information content (AvgIpc) is 2.70. The van der Waals surface area contributed by atoms with E-state index in [0.717, 1.165) is 12.8 Å².